The number of nitrogens with two attached hydrogens (primary N) is 1. The van der Waals surface area contributed by atoms with Crippen molar-refractivity contribution in [3.05, 3.63) is 59.2 Å². The number of aromatic nitrogens is 3. The summed E-state index contributed by atoms with van der Waals surface area (Å²) in [6.07, 6.45) is 0.594. The van der Waals surface area contributed by atoms with E-state index in [1.54, 1.807) is 0 Å². The second-order valence-corrected chi connectivity index (χ2v) is 5.07. The first kappa shape index (κ1) is 13.3. The van der Waals surface area contributed by atoms with Gasteiger partial charge in [0.2, 0.25) is 11.7 Å². The Hall–Kier alpha value is -2.69. The molecule has 0 atom stereocenters. The fourth-order valence-corrected chi connectivity index (χ4v) is 2.22. The first-order valence-electron chi connectivity index (χ1n) is 6.73. The lowest BCUT2D eigenvalue weighted by molar-refractivity contribution is 0.385. The molecule has 5 nitrogen and oxygen atoms in total. The second-order valence-electron chi connectivity index (χ2n) is 5.07. The maximum atomic E-state index is 5.67. The van der Waals surface area contributed by atoms with E-state index in [2.05, 4.69) is 15.1 Å². The van der Waals surface area contributed by atoms with Crippen LogP contribution in [0.25, 0.3) is 11.4 Å². The maximum Gasteiger partial charge on any atom is 0.231 e. The summed E-state index contributed by atoms with van der Waals surface area (Å²) in [6, 6.07) is 11.5. The van der Waals surface area contributed by atoms with Crippen molar-refractivity contribution in [2.45, 2.75) is 20.3 Å². The standard InChI is InChI=1S/C16H16N4O/c1-10-7-13(8-11(2)18-10)16-19-15(21-20-16)9-12-3-5-14(17)6-4-12/h3-8H,9,17H2,1-2H3. The predicted octanol–water partition coefficient (Wildman–Crippen LogP) is 2.92. The molecule has 0 aliphatic rings. The van der Waals surface area contributed by atoms with Gasteiger partial charge >= 0.3 is 0 Å². The molecule has 0 spiro atoms. The molecule has 0 saturated heterocycles. The molecule has 0 bridgehead atoms. The SMILES string of the molecule is Cc1cc(-c2noc(Cc3ccc(N)cc3)n2)cc(C)n1. The Morgan fingerprint density at radius 3 is 2.33 bits per heavy atom. The highest BCUT2D eigenvalue weighted by Gasteiger charge is 2.10. The Morgan fingerprint density at radius 2 is 1.67 bits per heavy atom. The van der Waals surface area contributed by atoms with Crippen molar-refractivity contribution in [2.75, 3.05) is 5.73 Å². The van der Waals surface area contributed by atoms with Gasteiger partial charge in [0, 0.05) is 22.6 Å². The molecule has 5 heteroatoms. The fraction of sp³-hybridized carbons (Fsp3) is 0.188. The molecule has 0 saturated carbocycles. The molecule has 0 radical (unpaired) electrons. The molecule has 0 aliphatic carbocycles. The normalized spacial score (nSPS) is 10.8. The van der Waals surface area contributed by atoms with E-state index in [9.17, 15) is 0 Å². The van der Waals surface area contributed by atoms with Gasteiger partial charge in [-0.15, -0.1) is 0 Å². The topological polar surface area (TPSA) is 77.8 Å². The van der Waals surface area contributed by atoms with E-state index in [1.807, 2.05) is 50.2 Å². The third kappa shape index (κ3) is 3.08. The van der Waals surface area contributed by atoms with Crippen molar-refractivity contribution >= 4 is 5.69 Å². The average Bonchev–Trinajstić information content (AvgIpc) is 2.89. The minimum absolute atomic E-state index is 0.585. The monoisotopic (exact) mass is 280 g/mol. The summed E-state index contributed by atoms with van der Waals surface area (Å²) in [7, 11) is 0. The van der Waals surface area contributed by atoms with Gasteiger partial charge < -0.3 is 10.3 Å². The molecule has 0 unspecified atom stereocenters. The van der Waals surface area contributed by atoms with Crippen LogP contribution >= 0.6 is 0 Å². The molecular weight excluding hydrogens is 264 g/mol. The summed E-state index contributed by atoms with van der Waals surface area (Å²) in [5.41, 5.74) is 10.3. The van der Waals surface area contributed by atoms with Crippen molar-refractivity contribution < 1.29 is 4.52 Å². The third-order valence-electron chi connectivity index (χ3n) is 3.14. The van der Waals surface area contributed by atoms with Crippen LogP contribution in [0.2, 0.25) is 0 Å². The average molecular weight is 280 g/mol. The number of benzene rings is 1. The molecule has 0 amide bonds. The van der Waals surface area contributed by atoms with Crippen LogP contribution in [0.3, 0.4) is 0 Å². The second kappa shape index (κ2) is 5.36. The van der Waals surface area contributed by atoms with Crippen molar-refractivity contribution in [1.82, 2.24) is 15.1 Å². The highest BCUT2D eigenvalue weighted by atomic mass is 16.5. The van der Waals surface area contributed by atoms with E-state index in [1.165, 1.54) is 0 Å². The minimum atomic E-state index is 0.585. The van der Waals surface area contributed by atoms with Crippen LogP contribution in [0.15, 0.2) is 40.9 Å². The Morgan fingerprint density at radius 1 is 1.00 bits per heavy atom. The highest BCUT2D eigenvalue weighted by Crippen LogP contribution is 2.19. The van der Waals surface area contributed by atoms with Crippen molar-refractivity contribution in [1.29, 1.82) is 0 Å². The summed E-state index contributed by atoms with van der Waals surface area (Å²) in [6.45, 7) is 3.90. The first-order valence-corrected chi connectivity index (χ1v) is 6.73. The number of hydrogen-bond acceptors (Lipinski definition) is 5. The van der Waals surface area contributed by atoms with E-state index in [4.69, 9.17) is 10.3 Å². The van der Waals surface area contributed by atoms with Crippen molar-refractivity contribution in [3.8, 4) is 11.4 Å². The number of hydrogen-bond donors (Lipinski definition) is 1. The molecule has 106 valence electrons. The number of pyridine rings is 1. The lowest BCUT2D eigenvalue weighted by atomic mass is 10.1. The van der Waals surface area contributed by atoms with Crippen LogP contribution in [0.5, 0.6) is 0 Å². The van der Waals surface area contributed by atoms with Gasteiger partial charge in [-0.3, -0.25) is 4.98 Å². The van der Waals surface area contributed by atoms with Gasteiger partial charge in [0.25, 0.3) is 0 Å². The van der Waals surface area contributed by atoms with Crippen molar-refractivity contribution in [2.24, 2.45) is 0 Å². The summed E-state index contributed by atoms with van der Waals surface area (Å²) in [5, 5.41) is 4.04. The van der Waals surface area contributed by atoms with Crippen LogP contribution in [0, 0.1) is 13.8 Å². The van der Waals surface area contributed by atoms with E-state index < -0.39 is 0 Å². The fourth-order valence-electron chi connectivity index (χ4n) is 2.22. The first-order chi connectivity index (χ1) is 10.1. The van der Waals surface area contributed by atoms with Gasteiger partial charge in [0.15, 0.2) is 0 Å². The number of nitrogen functional groups attached to an aromatic ring is 1. The van der Waals surface area contributed by atoms with Gasteiger partial charge in [-0.25, -0.2) is 0 Å². The van der Waals surface area contributed by atoms with Gasteiger partial charge in [-0.05, 0) is 43.7 Å². The van der Waals surface area contributed by atoms with E-state index >= 15 is 0 Å². The summed E-state index contributed by atoms with van der Waals surface area (Å²) < 4.78 is 5.32. The smallest absolute Gasteiger partial charge is 0.231 e. The Labute approximate surface area is 122 Å². The molecule has 3 rings (SSSR count). The molecule has 0 fully saturated rings. The Kier molecular flexibility index (Phi) is 3.39. The molecule has 0 aliphatic heterocycles. The van der Waals surface area contributed by atoms with Crippen molar-refractivity contribution in [3.63, 3.8) is 0 Å². The van der Waals surface area contributed by atoms with Crippen LogP contribution in [0.1, 0.15) is 22.8 Å². The lowest BCUT2D eigenvalue weighted by Gasteiger charge is -1.99. The largest absolute Gasteiger partial charge is 0.399 e. The zero-order chi connectivity index (χ0) is 14.8. The highest BCUT2D eigenvalue weighted by molar-refractivity contribution is 5.55. The van der Waals surface area contributed by atoms with Crippen LogP contribution in [-0.2, 0) is 6.42 Å². The van der Waals surface area contributed by atoms with Gasteiger partial charge in [0.05, 0.1) is 6.42 Å². The third-order valence-corrected chi connectivity index (χ3v) is 3.14. The molecule has 1 aromatic carbocycles. The molecule has 2 aromatic heterocycles. The summed E-state index contributed by atoms with van der Waals surface area (Å²) in [5.74, 6) is 1.18. The number of nitrogens with zero attached hydrogens (tertiary/aromatic N) is 3. The molecule has 2 heterocycles. The number of anilines is 1. The summed E-state index contributed by atoms with van der Waals surface area (Å²) >= 11 is 0. The van der Waals surface area contributed by atoms with E-state index in [0.29, 0.717) is 18.1 Å². The van der Waals surface area contributed by atoms with Gasteiger partial charge in [0.1, 0.15) is 0 Å². The van der Waals surface area contributed by atoms with E-state index in [-0.39, 0.29) is 0 Å². The molecule has 2 N–H and O–H groups in total. The quantitative estimate of drug-likeness (QED) is 0.746. The molecule has 21 heavy (non-hydrogen) atoms. The molecular formula is C16H16N4O. The van der Waals surface area contributed by atoms with Crippen LogP contribution in [0.4, 0.5) is 5.69 Å². The Balaban J connectivity index is 1.84. The van der Waals surface area contributed by atoms with Gasteiger partial charge in [-0.2, -0.15) is 4.98 Å². The maximum absolute atomic E-state index is 5.67. The summed E-state index contributed by atoms with van der Waals surface area (Å²) in [4.78, 5) is 8.79. The predicted molar refractivity (Wildman–Crippen MR) is 80.7 cm³/mol. The zero-order valence-corrected chi connectivity index (χ0v) is 12.0. The van der Waals surface area contributed by atoms with Crippen LogP contribution < -0.4 is 5.73 Å². The number of rotatable bonds is 3. The number of aryl methyl sites for hydroxylation is 2. The van der Waals surface area contributed by atoms with Crippen LogP contribution in [-0.4, -0.2) is 15.1 Å². The minimum Gasteiger partial charge on any atom is -0.399 e. The molecule has 3 aromatic rings. The van der Waals surface area contributed by atoms with Gasteiger partial charge in [-0.1, -0.05) is 17.3 Å². The van der Waals surface area contributed by atoms with E-state index in [0.717, 1.165) is 28.2 Å². The zero-order valence-electron chi connectivity index (χ0n) is 12.0. The Bertz CT molecular complexity index is 742. The lowest BCUT2D eigenvalue weighted by Crippen LogP contribution is -1.91.